The van der Waals surface area contributed by atoms with Crippen LogP contribution in [0.3, 0.4) is 0 Å². The van der Waals surface area contributed by atoms with Crippen LogP contribution in [0.5, 0.6) is 11.5 Å². The van der Waals surface area contributed by atoms with E-state index in [9.17, 15) is 4.79 Å². The third-order valence-electron chi connectivity index (χ3n) is 4.54. The van der Waals surface area contributed by atoms with Gasteiger partial charge in [0.05, 0.1) is 6.61 Å². The standard InChI is InChI=1S/C19H29N3O3S/c1-4-24-15-9-11-16(12-10-15)25-14(3)18(23)21-22-19(26)20-17-8-6-5-7-13(17)2/h9-14,17H,4-8H2,1-3H3,(H,21,23)(H2,20,22,26)/t13-,14+,17+/m0/s1. The maximum Gasteiger partial charge on any atom is 0.279 e. The number of benzene rings is 1. The van der Waals surface area contributed by atoms with Crippen molar-refractivity contribution in [3.63, 3.8) is 0 Å². The van der Waals surface area contributed by atoms with E-state index in [1.165, 1.54) is 19.3 Å². The van der Waals surface area contributed by atoms with Gasteiger partial charge in [0.25, 0.3) is 5.91 Å². The molecule has 2 rings (SSSR count). The first-order valence-electron chi connectivity index (χ1n) is 9.25. The Morgan fingerprint density at radius 3 is 2.50 bits per heavy atom. The van der Waals surface area contributed by atoms with E-state index in [0.29, 0.717) is 29.4 Å². The molecule has 0 spiro atoms. The summed E-state index contributed by atoms with van der Waals surface area (Å²) in [6.45, 7) is 6.45. The molecule has 0 aromatic heterocycles. The topological polar surface area (TPSA) is 71.6 Å². The van der Waals surface area contributed by atoms with Crippen molar-refractivity contribution in [1.29, 1.82) is 0 Å². The molecule has 1 amide bonds. The lowest BCUT2D eigenvalue weighted by Gasteiger charge is -2.30. The van der Waals surface area contributed by atoms with Gasteiger partial charge >= 0.3 is 0 Å². The Morgan fingerprint density at radius 2 is 1.85 bits per heavy atom. The molecule has 0 radical (unpaired) electrons. The van der Waals surface area contributed by atoms with Crippen molar-refractivity contribution in [2.45, 2.75) is 58.6 Å². The number of hydrogen-bond acceptors (Lipinski definition) is 4. The lowest BCUT2D eigenvalue weighted by atomic mass is 9.86. The van der Waals surface area contributed by atoms with Gasteiger partial charge in [-0.15, -0.1) is 0 Å². The molecule has 0 heterocycles. The largest absolute Gasteiger partial charge is 0.494 e. The zero-order valence-electron chi connectivity index (χ0n) is 15.7. The predicted molar refractivity (Wildman–Crippen MR) is 106 cm³/mol. The quantitative estimate of drug-likeness (QED) is 0.521. The average Bonchev–Trinajstić information content (AvgIpc) is 2.63. The van der Waals surface area contributed by atoms with Gasteiger partial charge in [0.2, 0.25) is 0 Å². The fourth-order valence-corrected chi connectivity index (χ4v) is 3.20. The molecule has 1 aliphatic carbocycles. The molecule has 26 heavy (non-hydrogen) atoms. The lowest BCUT2D eigenvalue weighted by Crippen LogP contribution is -2.53. The molecule has 1 saturated carbocycles. The summed E-state index contributed by atoms with van der Waals surface area (Å²) in [6, 6.07) is 7.54. The van der Waals surface area contributed by atoms with Crippen molar-refractivity contribution in [2.24, 2.45) is 5.92 Å². The van der Waals surface area contributed by atoms with E-state index in [1.807, 2.05) is 19.1 Å². The molecule has 0 saturated heterocycles. The lowest BCUT2D eigenvalue weighted by molar-refractivity contribution is -0.127. The third kappa shape index (κ3) is 6.37. The first-order chi connectivity index (χ1) is 12.5. The molecule has 0 aliphatic heterocycles. The van der Waals surface area contributed by atoms with E-state index in [4.69, 9.17) is 21.7 Å². The molecule has 0 bridgehead atoms. The van der Waals surface area contributed by atoms with Gasteiger partial charge in [0.1, 0.15) is 11.5 Å². The zero-order valence-corrected chi connectivity index (χ0v) is 16.5. The number of rotatable bonds is 6. The van der Waals surface area contributed by atoms with Gasteiger partial charge in [0.15, 0.2) is 11.2 Å². The van der Waals surface area contributed by atoms with Crippen molar-refractivity contribution in [2.75, 3.05) is 6.61 Å². The summed E-state index contributed by atoms with van der Waals surface area (Å²) in [5, 5.41) is 3.72. The van der Waals surface area contributed by atoms with Gasteiger partial charge in [0, 0.05) is 6.04 Å². The van der Waals surface area contributed by atoms with Crippen molar-refractivity contribution in [3.05, 3.63) is 24.3 Å². The molecule has 1 fully saturated rings. The minimum Gasteiger partial charge on any atom is -0.494 e. The van der Waals surface area contributed by atoms with Crippen LogP contribution in [0.15, 0.2) is 24.3 Å². The summed E-state index contributed by atoms with van der Waals surface area (Å²) < 4.78 is 11.0. The Kier molecular flexibility index (Phi) is 7.97. The van der Waals surface area contributed by atoms with Gasteiger partial charge in [-0.3, -0.25) is 15.6 Å². The van der Waals surface area contributed by atoms with Gasteiger partial charge < -0.3 is 14.8 Å². The second-order valence-corrected chi connectivity index (χ2v) is 7.03. The van der Waals surface area contributed by atoms with Crippen LogP contribution >= 0.6 is 12.2 Å². The Labute approximate surface area is 161 Å². The maximum atomic E-state index is 12.2. The van der Waals surface area contributed by atoms with Crippen LogP contribution < -0.4 is 25.6 Å². The highest BCUT2D eigenvalue weighted by atomic mass is 32.1. The Morgan fingerprint density at radius 1 is 1.19 bits per heavy atom. The first kappa shape index (κ1) is 20.3. The number of hydrogen-bond donors (Lipinski definition) is 3. The normalized spacial score (nSPS) is 20.6. The number of thiocarbonyl (C=S) groups is 1. The van der Waals surface area contributed by atoms with Crippen LogP contribution in [0, 0.1) is 5.92 Å². The Balaban J connectivity index is 1.73. The second kappa shape index (κ2) is 10.2. The summed E-state index contributed by atoms with van der Waals surface area (Å²) >= 11 is 5.27. The van der Waals surface area contributed by atoms with E-state index < -0.39 is 6.10 Å². The molecule has 0 unspecified atom stereocenters. The number of carbonyl (C=O) groups is 1. The fourth-order valence-electron chi connectivity index (χ4n) is 2.99. The molecule has 1 aromatic rings. The first-order valence-corrected chi connectivity index (χ1v) is 9.66. The van der Waals surface area contributed by atoms with Crippen molar-refractivity contribution < 1.29 is 14.3 Å². The average molecular weight is 380 g/mol. The van der Waals surface area contributed by atoms with Crippen molar-refractivity contribution >= 4 is 23.2 Å². The number of ether oxygens (including phenoxy) is 2. The zero-order chi connectivity index (χ0) is 18.9. The molecule has 144 valence electrons. The Hall–Kier alpha value is -2.02. The molecule has 3 atom stereocenters. The minimum absolute atomic E-state index is 0.292. The van der Waals surface area contributed by atoms with Gasteiger partial charge in [-0.25, -0.2) is 0 Å². The predicted octanol–water partition coefficient (Wildman–Crippen LogP) is 2.93. The number of amides is 1. The monoisotopic (exact) mass is 379 g/mol. The van der Waals surface area contributed by atoms with Crippen LogP contribution in [-0.4, -0.2) is 29.8 Å². The molecule has 6 nitrogen and oxygen atoms in total. The highest BCUT2D eigenvalue weighted by Gasteiger charge is 2.22. The van der Waals surface area contributed by atoms with Gasteiger partial charge in [-0.05, 0) is 69.1 Å². The minimum atomic E-state index is -0.656. The van der Waals surface area contributed by atoms with Crippen LogP contribution in [0.4, 0.5) is 0 Å². The third-order valence-corrected chi connectivity index (χ3v) is 4.76. The van der Waals surface area contributed by atoms with Gasteiger partial charge in [-0.1, -0.05) is 19.8 Å². The van der Waals surface area contributed by atoms with Crippen molar-refractivity contribution in [1.82, 2.24) is 16.2 Å². The summed E-state index contributed by atoms with van der Waals surface area (Å²) in [5.74, 6) is 1.67. The molecule has 1 aliphatic rings. The van der Waals surface area contributed by atoms with Crippen LogP contribution in [0.25, 0.3) is 0 Å². The number of carbonyl (C=O) groups excluding carboxylic acids is 1. The highest BCUT2D eigenvalue weighted by Crippen LogP contribution is 2.23. The van der Waals surface area contributed by atoms with Crippen LogP contribution in [-0.2, 0) is 4.79 Å². The van der Waals surface area contributed by atoms with E-state index in [1.54, 1.807) is 19.1 Å². The van der Waals surface area contributed by atoms with Crippen LogP contribution in [0.1, 0.15) is 46.5 Å². The van der Waals surface area contributed by atoms with Gasteiger partial charge in [-0.2, -0.15) is 0 Å². The summed E-state index contributed by atoms with van der Waals surface area (Å²) in [6.07, 6.45) is 4.14. The second-order valence-electron chi connectivity index (χ2n) is 6.62. The highest BCUT2D eigenvalue weighted by molar-refractivity contribution is 7.80. The number of nitrogens with one attached hydrogen (secondary N) is 3. The molecular formula is C19H29N3O3S. The molecule has 7 heteroatoms. The summed E-state index contributed by atoms with van der Waals surface area (Å²) in [5.41, 5.74) is 5.36. The fraction of sp³-hybridized carbons (Fsp3) is 0.579. The van der Waals surface area contributed by atoms with Crippen LogP contribution in [0.2, 0.25) is 0 Å². The van der Waals surface area contributed by atoms with E-state index in [0.717, 1.165) is 12.2 Å². The van der Waals surface area contributed by atoms with E-state index in [-0.39, 0.29) is 5.91 Å². The summed E-state index contributed by atoms with van der Waals surface area (Å²) in [4.78, 5) is 12.2. The Bertz CT molecular complexity index is 594. The molecular weight excluding hydrogens is 350 g/mol. The number of hydrazine groups is 1. The molecule has 1 aromatic carbocycles. The maximum absolute atomic E-state index is 12.2. The van der Waals surface area contributed by atoms with Crippen molar-refractivity contribution in [3.8, 4) is 11.5 Å². The molecule has 3 N–H and O–H groups in total. The SMILES string of the molecule is CCOc1ccc(O[C@H](C)C(=O)NNC(=S)N[C@@H]2CCCC[C@@H]2C)cc1. The smallest absolute Gasteiger partial charge is 0.279 e. The summed E-state index contributed by atoms with van der Waals surface area (Å²) in [7, 11) is 0. The van der Waals surface area contributed by atoms with E-state index >= 15 is 0 Å². The van der Waals surface area contributed by atoms with E-state index in [2.05, 4.69) is 23.1 Å².